The third-order valence-corrected chi connectivity index (χ3v) is 9.18. The Morgan fingerprint density at radius 2 is 1.02 bits per heavy atom. The Morgan fingerprint density at radius 3 is 1.44 bits per heavy atom. The van der Waals surface area contributed by atoms with Crippen LogP contribution in [0.15, 0.2) is 70.7 Å². The number of allylic oxidation sites excluding steroid dienone is 1. The predicted molar refractivity (Wildman–Crippen MR) is 185 cm³/mol. The van der Waals surface area contributed by atoms with Crippen molar-refractivity contribution in [1.29, 1.82) is 0 Å². The van der Waals surface area contributed by atoms with Gasteiger partial charge in [-0.1, -0.05) is 131 Å². The highest BCUT2D eigenvalue weighted by Crippen LogP contribution is 2.50. The molecule has 3 heteroatoms. The number of aliphatic imine (C=N–C) groups is 2. The maximum atomic E-state index is 11.7. The van der Waals surface area contributed by atoms with Gasteiger partial charge in [-0.3, -0.25) is 0 Å². The first kappa shape index (κ1) is 31.1. The van der Waals surface area contributed by atoms with Crippen LogP contribution in [0.4, 0.5) is 11.4 Å². The van der Waals surface area contributed by atoms with Crippen molar-refractivity contribution < 1.29 is 5.11 Å². The molecule has 0 spiro atoms. The summed E-state index contributed by atoms with van der Waals surface area (Å²) in [4.78, 5) is 11.2. The highest BCUT2D eigenvalue weighted by molar-refractivity contribution is 6.67. The second kappa shape index (κ2) is 11.7. The van der Waals surface area contributed by atoms with E-state index in [1.807, 2.05) is 0 Å². The van der Waals surface area contributed by atoms with E-state index >= 15 is 0 Å². The molecule has 0 amide bonds. The van der Waals surface area contributed by atoms with Gasteiger partial charge in [-0.2, -0.15) is 0 Å². The minimum absolute atomic E-state index is 0.0184. The van der Waals surface area contributed by atoms with Crippen LogP contribution in [0.25, 0.3) is 5.57 Å². The van der Waals surface area contributed by atoms with Crippen molar-refractivity contribution >= 4 is 28.4 Å². The molecule has 0 radical (unpaired) electrons. The highest BCUT2D eigenvalue weighted by Gasteiger charge is 2.43. The molecular formula is C40H50N2O. The molecular weight excluding hydrogens is 524 g/mol. The molecule has 0 unspecified atom stereocenters. The van der Waals surface area contributed by atoms with Gasteiger partial charge in [0.25, 0.3) is 0 Å². The van der Waals surface area contributed by atoms with E-state index in [9.17, 15) is 5.11 Å². The third kappa shape index (κ3) is 5.57. The molecule has 2 aliphatic rings. The van der Waals surface area contributed by atoms with Crippen molar-refractivity contribution in [2.24, 2.45) is 15.4 Å². The fourth-order valence-corrected chi connectivity index (χ4v) is 7.02. The molecule has 0 aromatic heterocycles. The van der Waals surface area contributed by atoms with Crippen LogP contribution in [0.3, 0.4) is 0 Å². The fraction of sp³-hybridized carbons (Fsp3) is 0.450. The van der Waals surface area contributed by atoms with E-state index in [1.54, 1.807) is 0 Å². The zero-order valence-corrected chi connectivity index (χ0v) is 28.1. The topological polar surface area (TPSA) is 45.0 Å². The van der Waals surface area contributed by atoms with Gasteiger partial charge in [0.2, 0.25) is 0 Å². The number of hydrogen-bond acceptors (Lipinski definition) is 3. The maximum Gasteiger partial charge on any atom is 0.0978 e. The number of hydrogen-bond donors (Lipinski definition) is 1. The maximum absolute atomic E-state index is 11.7. The van der Waals surface area contributed by atoms with Crippen LogP contribution in [0.2, 0.25) is 0 Å². The summed E-state index contributed by atoms with van der Waals surface area (Å²) >= 11 is 0. The van der Waals surface area contributed by atoms with Crippen molar-refractivity contribution in [1.82, 2.24) is 0 Å². The first-order valence-corrected chi connectivity index (χ1v) is 16.2. The van der Waals surface area contributed by atoms with Crippen LogP contribution in [0.1, 0.15) is 145 Å². The van der Waals surface area contributed by atoms with Crippen molar-refractivity contribution in [3.05, 3.63) is 99.6 Å². The van der Waals surface area contributed by atoms with E-state index in [-0.39, 0.29) is 11.3 Å². The molecule has 1 N–H and O–H groups in total. The minimum atomic E-state index is -0.610. The summed E-state index contributed by atoms with van der Waals surface area (Å²) in [5, 5.41) is 11.7. The lowest BCUT2D eigenvalue weighted by Crippen LogP contribution is -2.32. The molecule has 0 fully saturated rings. The van der Waals surface area contributed by atoms with E-state index in [0.29, 0.717) is 23.7 Å². The first-order chi connectivity index (χ1) is 20.2. The van der Waals surface area contributed by atoms with E-state index < -0.39 is 6.10 Å². The van der Waals surface area contributed by atoms with Gasteiger partial charge in [0.15, 0.2) is 0 Å². The van der Waals surface area contributed by atoms with Crippen LogP contribution in [-0.4, -0.2) is 22.6 Å². The Kier molecular flexibility index (Phi) is 8.44. The van der Waals surface area contributed by atoms with E-state index in [4.69, 9.17) is 9.98 Å². The Bertz CT molecular complexity index is 1570. The zero-order valence-electron chi connectivity index (χ0n) is 28.1. The smallest absolute Gasteiger partial charge is 0.0978 e. The van der Waals surface area contributed by atoms with Crippen molar-refractivity contribution in [3.8, 4) is 0 Å². The molecule has 0 aliphatic heterocycles. The molecule has 2 atom stereocenters. The van der Waals surface area contributed by atoms with Gasteiger partial charge in [-0.25, -0.2) is 9.98 Å². The molecule has 226 valence electrons. The standard InChI is InChI=1S/C40H50N2O/c1-22(2)26-15-12-16-27(23(3)4)36(26)41-38-31-20-14-19-30-34(31)32(21-33(43)35(30)40(9,10)11)39(38)42-37-28(24(5)6)17-13-18-29(37)25(7)8/h12-25,33,35,43H,1-11H3/t33-,35-/m1/s1. The predicted octanol–water partition coefficient (Wildman–Crippen LogP) is 11.0. The second-order valence-electron chi connectivity index (χ2n) is 14.8. The lowest BCUT2D eigenvalue weighted by atomic mass is 9.68. The Labute approximate surface area is 259 Å². The average molecular weight is 575 g/mol. The molecule has 5 rings (SSSR count). The third-order valence-electron chi connectivity index (χ3n) is 9.18. The van der Waals surface area contributed by atoms with Crippen molar-refractivity contribution in [2.45, 2.75) is 112 Å². The number of benzene rings is 3. The summed E-state index contributed by atoms with van der Waals surface area (Å²) in [6, 6.07) is 19.7. The summed E-state index contributed by atoms with van der Waals surface area (Å²) in [5.41, 5.74) is 13.3. The van der Waals surface area contributed by atoms with Gasteiger partial charge in [-0.15, -0.1) is 0 Å². The normalized spacial score (nSPS) is 20.2. The number of rotatable bonds is 6. The SMILES string of the molecule is CC(C)c1cccc(C(C)C)c1N=C1C2=C[C@@H](O)[C@H](C(C)(C)C)c3cccc(c32)C1=Nc1c(C(C)C)cccc1C(C)C. The quantitative estimate of drug-likeness (QED) is 0.313. The summed E-state index contributed by atoms with van der Waals surface area (Å²) in [5.74, 6) is 1.29. The average Bonchev–Trinajstić information content (AvgIpc) is 3.20. The molecule has 0 saturated carbocycles. The van der Waals surface area contributed by atoms with Crippen LogP contribution >= 0.6 is 0 Å². The van der Waals surface area contributed by atoms with Crippen LogP contribution in [-0.2, 0) is 0 Å². The highest BCUT2D eigenvalue weighted by atomic mass is 16.3. The molecule has 3 aromatic rings. The molecule has 0 bridgehead atoms. The molecule has 43 heavy (non-hydrogen) atoms. The summed E-state index contributed by atoms with van der Waals surface area (Å²) in [7, 11) is 0. The van der Waals surface area contributed by atoms with Gasteiger partial charge in [0.1, 0.15) is 0 Å². The second-order valence-corrected chi connectivity index (χ2v) is 14.8. The van der Waals surface area contributed by atoms with Crippen LogP contribution in [0.5, 0.6) is 0 Å². The largest absolute Gasteiger partial charge is 0.388 e. The fourth-order valence-electron chi connectivity index (χ4n) is 7.02. The summed E-state index contributed by atoms with van der Waals surface area (Å²) in [6.45, 7) is 24.6. The zero-order chi connectivity index (χ0) is 31.4. The Hall–Kier alpha value is -3.30. The Balaban J connectivity index is 1.91. The van der Waals surface area contributed by atoms with E-state index in [1.165, 1.54) is 33.4 Å². The number of aliphatic hydroxyl groups excluding tert-OH is 1. The molecule has 2 aliphatic carbocycles. The number of nitrogens with zero attached hydrogens (tertiary/aromatic N) is 2. The molecule has 3 nitrogen and oxygen atoms in total. The molecule has 0 saturated heterocycles. The summed E-state index contributed by atoms with van der Waals surface area (Å²) < 4.78 is 0. The first-order valence-electron chi connectivity index (χ1n) is 16.2. The van der Waals surface area contributed by atoms with Crippen LogP contribution in [0, 0.1) is 5.41 Å². The number of aliphatic hydroxyl groups is 1. The minimum Gasteiger partial charge on any atom is -0.388 e. The molecule has 0 heterocycles. The van der Waals surface area contributed by atoms with Gasteiger partial charge in [0, 0.05) is 17.1 Å². The van der Waals surface area contributed by atoms with Gasteiger partial charge in [-0.05, 0) is 68.5 Å². The lowest BCUT2D eigenvalue weighted by molar-refractivity contribution is 0.126. The lowest BCUT2D eigenvalue weighted by Gasteiger charge is -2.37. The monoisotopic (exact) mass is 574 g/mol. The van der Waals surface area contributed by atoms with Gasteiger partial charge < -0.3 is 5.11 Å². The number of para-hydroxylation sites is 2. The van der Waals surface area contributed by atoms with Gasteiger partial charge in [0.05, 0.1) is 28.9 Å². The molecule has 3 aromatic carbocycles. The van der Waals surface area contributed by atoms with E-state index in [0.717, 1.165) is 33.9 Å². The van der Waals surface area contributed by atoms with E-state index in [2.05, 4.69) is 137 Å². The van der Waals surface area contributed by atoms with Crippen LogP contribution < -0.4 is 0 Å². The summed E-state index contributed by atoms with van der Waals surface area (Å²) in [6.07, 6.45) is 1.45. The Morgan fingerprint density at radius 1 is 0.605 bits per heavy atom. The van der Waals surface area contributed by atoms with Crippen molar-refractivity contribution in [2.75, 3.05) is 0 Å². The van der Waals surface area contributed by atoms with Gasteiger partial charge >= 0.3 is 0 Å². The van der Waals surface area contributed by atoms with Crippen molar-refractivity contribution in [3.63, 3.8) is 0 Å².